The van der Waals surface area contributed by atoms with Crippen LogP contribution in [-0.4, -0.2) is 21.7 Å². The number of anilines is 1. The van der Waals surface area contributed by atoms with E-state index < -0.39 is 0 Å². The molecule has 122 valence electrons. The van der Waals surface area contributed by atoms with E-state index in [0.29, 0.717) is 23.8 Å². The Hall–Kier alpha value is -1.36. The molecule has 1 heterocycles. The molecule has 5 nitrogen and oxygen atoms in total. The number of nitrogens with one attached hydrogen (secondary N) is 1. The first-order chi connectivity index (χ1) is 10.5. The van der Waals surface area contributed by atoms with Crippen LogP contribution in [0.15, 0.2) is 12.3 Å². The van der Waals surface area contributed by atoms with E-state index in [9.17, 15) is 4.79 Å². The molecule has 0 radical (unpaired) electrons. The van der Waals surface area contributed by atoms with Crippen LogP contribution in [0.1, 0.15) is 46.0 Å². The lowest BCUT2D eigenvalue weighted by molar-refractivity contribution is -0.122. The third-order valence-electron chi connectivity index (χ3n) is 5.29. The fraction of sp³-hybridized carbons (Fsp3) is 0.765. The maximum atomic E-state index is 12.6. The summed E-state index contributed by atoms with van der Waals surface area (Å²) in [5, 5.41) is 7.40. The summed E-state index contributed by atoms with van der Waals surface area (Å²) in [6.07, 6.45) is 7.30. The van der Waals surface area contributed by atoms with Crippen LogP contribution in [0.2, 0.25) is 0 Å². The normalized spacial score (nSPS) is 31.3. The van der Waals surface area contributed by atoms with E-state index in [-0.39, 0.29) is 11.8 Å². The standard InChI is InChI=1S/C17H28N4O/c1-11(2)10-21-15(6-7-19-21)20-17(22)14-8-12-4-3-5-13(9-14)16(12)18/h6-7,11-14,16H,3-5,8-10,18H2,1-2H3,(H,20,22). The highest BCUT2D eigenvalue weighted by molar-refractivity contribution is 5.91. The lowest BCUT2D eigenvalue weighted by atomic mass is 9.65. The minimum Gasteiger partial charge on any atom is -0.327 e. The van der Waals surface area contributed by atoms with Gasteiger partial charge in [-0.3, -0.25) is 4.79 Å². The van der Waals surface area contributed by atoms with E-state index in [4.69, 9.17) is 5.73 Å². The second kappa shape index (κ2) is 6.41. The topological polar surface area (TPSA) is 72.9 Å². The third kappa shape index (κ3) is 3.19. The van der Waals surface area contributed by atoms with Crippen molar-refractivity contribution in [3.05, 3.63) is 12.3 Å². The Kier molecular flexibility index (Phi) is 4.52. The molecule has 1 aromatic rings. The van der Waals surface area contributed by atoms with E-state index >= 15 is 0 Å². The minimum atomic E-state index is 0.109. The Morgan fingerprint density at radius 2 is 2.09 bits per heavy atom. The van der Waals surface area contributed by atoms with Crippen molar-refractivity contribution in [3.8, 4) is 0 Å². The average molecular weight is 304 g/mol. The SMILES string of the molecule is CC(C)Cn1nccc1NC(=O)C1CC2CCCC(C1)C2N. The molecule has 0 aromatic carbocycles. The van der Waals surface area contributed by atoms with E-state index in [1.54, 1.807) is 6.20 Å². The Balaban J connectivity index is 1.64. The molecule has 2 saturated carbocycles. The van der Waals surface area contributed by atoms with Gasteiger partial charge in [0.05, 0.1) is 6.20 Å². The van der Waals surface area contributed by atoms with Crippen molar-refractivity contribution in [2.75, 3.05) is 5.32 Å². The number of nitrogens with two attached hydrogens (primary N) is 1. The quantitative estimate of drug-likeness (QED) is 0.898. The van der Waals surface area contributed by atoms with Crippen LogP contribution in [0.5, 0.6) is 0 Å². The lowest BCUT2D eigenvalue weighted by Crippen LogP contribution is -2.48. The molecular weight excluding hydrogens is 276 g/mol. The summed E-state index contributed by atoms with van der Waals surface area (Å²) in [4.78, 5) is 12.6. The summed E-state index contributed by atoms with van der Waals surface area (Å²) in [7, 11) is 0. The van der Waals surface area contributed by atoms with Crippen LogP contribution >= 0.6 is 0 Å². The smallest absolute Gasteiger partial charge is 0.228 e. The number of rotatable bonds is 4. The summed E-state index contributed by atoms with van der Waals surface area (Å²) in [5.74, 6) is 2.64. The maximum Gasteiger partial charge on any atom is 0.228 e. The van der Waals surface area contributed by atoms with Crippen LogP contribution in [-0.2, 0) is 11.3 Å². The lowest BCUT2D eigenvalue weighted by Gasteiger charge is -2.43. The van der Waals surface area contributed by atoms with E-state index in [1.165, 1.54) is 19.3 Å². The number of amides is 1. The summed E-state index contributed by atoms with van der Waals surface area (Å²) in [6.45, 7) is 5.12. The molecule has 2 aliphatic carbocycles. The Morgan fingerprint density at radius 1 is 1.41 bits per heavy atom. The van der Waals surface area contributed by atoms with Gasteiger partial charge in [0.2, 0.25) is 5.91 Å². The fourth-order valence-corrected chi connectivity index (χ4v) is 4.16. The number of fused-ring (bicyclic) bond motifs is 2. The zero-order valence-electron chi connectivity index (χ0n) is 13.7. The molecule has 0 aliphatic heterocycles. The Bertz CT molecular complexity index is 510. The van der Waals surface area contributed by atoms with Gasteiger partial charge in [-0.1, -0.05) is 20.3 Å². The first kappa shape index (κ1) is 15.5. The van der Waals surface area contributed by atoms with Gasteiger partial charge in [-0.05, 0) is 43.4 Å². The highest BCUT2D eigenvalue weighted by Gasteiger charge is 2.40. The molecule has 2 bridgehead atoms. The van der Waals surface area contributed by atoms with Gasteiger partial charge in [-0.2, -0.15) is 5.10 Å². The van der Waals surface area contributed by atoms with Gasteiger partial charge in [0.15, 0.2) is 0 Å². The molecule has 2 unspecified atom stereocenters. The molecule has 2 aliphatic rings. The van der Waals surface area contributed by atoms with Crippen molar-refractivity contribution in [2.45, 2.75) is 58.5 Å². The van der Waals surface area contributed by atoms with Gasteiger partial charge in [0.25, 0.3) is 0 Å². The Labute approximate surface area is 132 Å². The maximum absolute atomic E-state index is 12.6. The van der Waals surface area contributed by atoms with Crippen LogP contribution in [0.4, 0.5) is 5.82 Å². The summed E-state index contributed by atoms with van der Waals surface area (Å²) in [6, 6.07) is 2.19. The predicted octanol–water partition coefficient (Wildman–Crippen LogP) is 2.63. The zero-order chi connectivity index (χ0) is 15.7. The van der Waals surface area contributed by atoms with Crippen LogP contribution in [0.25, 0.3) is 0 Å². The molecule has 1 aromatic heterocycles. The number of aromatic nitrogens is 2. The second-order valence-corrected chi connectivity index (χ2v) is 7.48. The number of carbonyl (C=O) groups excluding carboxylic acids is 1. The number of hydrogen-bond acceptors (Lipinski definition) is 3. The van der Waals surface area contributed by atoms with Crippen molar-refractivity contribution >= 4 is 11.7 Å². The molecule has 0 saturated heterocycles. The van der Waals surface area contributed by atoms with E-state index in [1.807, 2.05) is 10.7 Å². The van der Waals surface area contributed by atoms with Crippen molar-refractivity contribution in [2.24, 2.45) is 29.4 Å². The number of carbonyl (C=O) groups is 1. The molecule has 2 atom stereocenters. The predicted molar refractivity (Wildman–Crippen MR) is 87.2 cm³/mol. The number of nitrogens with zero attached hydrogens (tertiary/aromatic N) is 2. The largest absolute Gasteiger partial charge is 0.327 e. The first-order valence-electron chi connectivity index (χ1n) is 8.63. The summed E-state index contributed by atoms with van der Waals surface area (Å²) in [5.41, 5.74) is 6.32. The molecule has 3 N–H and O–H groups in total. The second-order valence-electron chi connectivity index (χ2n) is 7.48. The Morgan fingerprint density at radius 3 is 2.73 bits per heavy atom. The zero-order valence-corrected chi connectivity index (χ0v) is 13.7. The summed E-state index contributed by atoms with van der Waals surface area (Å²) >= 11 is 0. The van der Waals surface area contributed by atoms with Gasteiger partial charge in [-0.15, -0.1) is 0 Å². The average Bonchev–Trinajstić information content (AvgIpc) is 2.84. The van der Waals surface area contributed by atoms with E-state index in [2.05, 4.69) is 24.3 Å². The monoisotopic (exact) mass is 304 g/mol. The van der Waals surface area contributed by atoms with Crippen molar-refractivity contribution in [1.82, 2.24) is 9.78 Å². The van der Waals surface area contributed by atoms with Crippen molar-refractivity contribution in [1.29, 1.82) is 0 Å². The molecule has 5 heteroatoms. The minimum absolute atomic E-state index is 0.109. The van der Waals surface area contributed by atoms with Crippen molar-refractivity contribution in [3.63, 3.8) is 0 Å². The van der Waals surface area contributed by atoms with Gasteiger partial charge >= 0.3 is 0 Å². The molecular formula is C17H28N4O. The molecule has 22 heavy (non-hydrogen) atoms. The number of hydrogen-bond donors (Lipinski definition) is 2. The molecule has 3 rings (SSSR count). The van der Waals surface area contributed by atoms with Crippen LogP contribution in [0, 0.1) is 23.7 Å². The highest BCUT2D eigenvalue weighted by Crippen LogP contribution is 2.42. The molecule has 0 spiro atoms. The summed E-state index contributed by atoms with van der Waals surface area (Å²) < 4.78 is 1.89. The van der Waals surface area contributed by atoms with Gasteiger partial charge in [-0.25, -0.2) is 4.68 Å². The van der Waals surface area contributed by atoms with E-state index in [0.717, 1.165) is 25.2 Å². The molecule has 1 amide bonds. The molecule has 2 fully saturated rings. The third-order valence-corrected chi connectivity index (χ3v) is 5.29. The van der Waals surface area contributed by atoms with Crippen molar-refractivity contribution < 1.29 is 4.79 Å². The van der Waals surface area contributed by atoms with Gasteiger partial charge < -0.3 is 11.1 Å². The van der Waals surface area contributed by atoms with Crippen LogP contribution in [0.3, 0.4) is 0 Å². The van der Waals surface area contributed by atoms with Crippen LogP contribution < -0.4 is 11.1 Å². The fourth-order valence-electron chi connectivity index (χ4n) is 4.16. The highest BCUT2D eigenvalue weighted by atomic mass is 16.2. The van der Waals surface area contributed by atoms with Gasteiger partial charge in [0.1, 0.15) is 5.82 Å². The first-order valence-corrected chi connectivity index (χ1v) is 8.63. The van der Waals surface area contributed by atoms with Gasteiger partial charge in [0, 0.05) is 24.6 Å².